The van der Waals surface area contributed by atoms with Gasteiger partial charge < -0.3 is 15.2 Å². The van der Waals surface area contributed by atoms with Crippen molar-refractivity contribution in [3.05, 3.63) is 22.8 Å². The quantitative estimate of drug-likeness (QED) is 0.551. The molecule has 6 aliphatic rings. The highest BCUT2D eigenvalue weighted by Crippen LogP contribution is 2.65. The van der Waals surface area contributed by atoms with Crippen LogP contribution in [0.3, 0.4) is 0 Å². The number of hydrogen-bond donors (Lipinski definition) is 2. The molecule has 2 saturated carbocycles. The van der Waals surface area contributed by atoms with Gasteiger partial charge in [0.25, 0.3) is 0 Å². The van der Waals surface area contributed by atoms with Gasteiger partial charge in [0, 0.05) is 12.0 Å². The van der Waals surface area contributed by atoms with Crippen LogP contribution in [0.5, 0.6) is 0 Å². The minimum absolute atomic E-state index is 0.0222. The standard InChI is InChI=1S/C27H41NO2/c1-15-11-24-25(28-14-15)17(3)27(30-24)10-8-20-21-6-5-18-12-19(29)7-9-26(18,4)23(21)13-22(20)16(27)2/h5,15,17,19-21,23-25,28-29H,6-14H2,1-4H3/t15-,17-,19-,20?,21-,23?,24+,25-,26-,27-/m0/s1. The molecular formula is C27H41NO2. The lowest BCUT2D eigenvalue weighted by molar-refractivity contribution is -0.0549. The predicted octanol–water partition coefficient (Wildman–Crippen LogP) is 5.00. The smallest absolute Gasteiger partial charge is 0.0937 e. The highest BCUT2D eigenvalue weighted by atomic mass is 16.5. The summed E-state index contributed by atoms with van der Waals surface area (Å²) in [4.78, 5) is 0. The molecule has 0 bridgehead atoms. The van der Waals surface area contributed by atoms with Crippen molar-refractivity contribution in [2.24, 2.45) is 35.0 Å². The third-order valence-corrected chi connectivity index (χ3v) is 10.9. The van der Waals surface area contributed by atoms with Crippen LogP contribution in [0, 0.1) is 35.0 Å². The Kier molecular flexibility index (Phi) is 4.46. The van der Waals surface area contributed by atoms with Crippen molar-refractivity contribution in [2.75, 3.05) is 6.54 Å². The molecule has 0 aromatic rings. The first kappa shape index (κ1) is 20.0. The Balaban J connectivity index is 1.34. The van der Waals surface area contributed by atoms with Gasteiger partial charge in [-0.25, -0.2) is 0 Å². The van der Waals surface area contributed by atoms with E-state index in [1.807, 2.05) is 0 Å². The number of rotatable bonds is 0. The SMILES string of the molecule is CC1=C2CC3[C@@H](CC=C4C[C@@H](O)CC[C@@]43C)C2CC[C@]12O[C@@H]1C[C@H](C)CN[C@H]1[C@@H]2C. The summed E-state index contributed by atoms with van der Waals surface area (Å²) in [6.07, 6.45) is 12.2. The Bertz CT molecular complexity index is 801. The first-order chi connectivity index (χ1) is 14.3. The van der Waals surface area contributed by atoms with Crippen molar-refractivity contribution in [1.82, 2.24) is 5.32 Å². The van der Waals surface area contributed by atoms with Crippen LogP contribution in [0.1, 0.15) is 79.1 Å². The fourth-order valence-corrected chi connectivity index (χ4v) is 9.09. The van der Waals surface area contributed by atoms with E-state index < -0.39 is 0 Å². The van der Waals surface area contributed by atoms with Gasteiger partial charge in [0.05, 0.1) is 17.8 Å². The molecule has 2 saturated heterocycles. The molecule has 1 spiro atoms. The highest BCUT2D eigenvalue weighted by Gasteiger charge is 2.60. The van der Waals surface area contributed by atoms with Crippen LogP contribution in [0.25, 0.3) is 0 Å². The molecule has 0 aromatic heterocycles. The zero-order valence-electron chi connectivity index (χ0n) is 19.4. The maximum atomic E-state index is 10.3. The van der Waals surface area contributed by atoms with Crippen molar-refractivity contribution < 1.29 is 9.84 Å². The fraction of sp³-hybridized carbons (Fsp3) is 0.852. The molecule has 0 amide bonds. The molecule has 3 heteroatoms. The van der Waals surface area contributed by atoms with Crippen LogP contribution in [0.4, 0.5) is 0 Å². The lowest BCUT2D eigenvalue weighted by Crippen LogP contribution is -2.49. The predicted molar refractivity (Wildman–Crippen MR) is 120 cm³/mol. The minimum atomic E-state index is -0.111. The van der Waals surface area contributed by atoms with Gasteiger partial charge in [-0.1, -0.05) is 38.0 Å². The van der Waals surface area contributed by atoms with E-state index in [-0.39, 0.29) is 11.7 Å². The second kappa shape index (κ2) is 6.68. The summed E-state index contributed by atoms with van der Waals surface area (Å²) in [6, 6.07) is 0.530. The van der Waals surface area contributed by atoms with Crippen molar-refractivity contribution >= 4 is 0 Å². The number of aliphatic hydroxyl groups excluding tert-OH is 1. The number of fused-ring (bicyclic) bond motifs is 6. The molecular weight excluding hydrogens is 370 g/mol. The molecule has 6 rings (SSSR count). The largest absolute Gasteiger partial charge is 0.393 e. The molecule has 2 aliphatic heterocycles. The monoisotopic (exact) mass is 411 g/mol. The van der Waals surface area contributed by atoms with Crippen LogP contribution >= 0.6 is 0 Å². The van der Waals surface area contributed by atoms with Gasteiger partial charge in [0.2, 0.25) is 0 Å². The lowest BCUT2D eigenvalue weighted by atomic mass is 9.56. The van der Waals surface area contributed by atoms with Gasteiger partial charge >= 0.3 is 0 Å². The molecule has 0 radical (unpaired) electrons. The molecule has 0 aromatic carbocycles. The average Bonchev–Trinajstić information content (AvgIpc) is 3.23. The van der Waals surface area contributed by atoms with Gasteiger partial charge in [-0.2, -0.15) is 0 Å². The molecule has 30 heavy (non-hydrogen) atoms. The van der Waals surface area contributed by atoms with Gasteiger partial charge in [0.15, 0.2) is 0 Å². The maximum absolute atomic E-state index is 10.3. The number of aliphatic hydroxyl groups is 1. The molecule has 3 nitrogen and oxygen atoms in total. The van der Waals surface area contributed by atoms with E-state index in [2.05, 4.69) is 39.1 Å². The van der Waals surface area contributed by atoms with Gasteiger partial charge in [-0.3, -0.25) is 0 Å². The zero-order valence-corrected chi connectivity index (χ0v) is 19.4. The molecule has 4 aliphatic carbocycles. The number of hydrogen-bond acceptors (Lipinski definition) is 3. The van der Waals surface area contributed by atoms with E-state index in [1.165, 1.54) is 38.5 Å². The van der Waals surface area contributed by atoms with E-state index in [0.29, 0.717) is 23.5 Å². The third kappa shape index (κ3) is 2.55. The number of piperidine rings is 1. The van der Waals surface area contributed by atoms with Crippen molar-refractivity contribution in [3.8, 4) is 0 Å². The van der Waals surface area contributed by atoms with Crippen LogP contribution in [-0.2, 0) is 4.74 Å². The van der Waals surface area contributed by atoms with Crippen LogP contribution in [0.15, 0.2) is 22.8 Å². The summed E-state index contributed by atoms with van der Waals surface area (Å²) in [5.41, 5.74) is 5.25. The van der Waals surface area contributed by atoms with Gasteiger partial charge in [-0.15, -0.1) is 0 Å². The summed E-state index contributed by atoms with van der Waals surface area (Å²) in [5, 5.41) is 14.1. The first-order valence-electron chi connectivity index (χ1n) is 12.8. The summed E-state index contributed by atoms with van der Waals surface area (Å²) in [5.74, 6) is 3.64. The normalized spacial score (nSPS) is 55.0. The molecule has 2 N–H and O–H groups in total. The van der Waals surface area contributed by atoms with Crippen LogP contribution in [-0.4, -0.2) is 35.5 Å². The van der Waals surface area contributed by atoms with E-state index in [9.17, 15) is 5.11 Å². The van der Waals surface area contributed by atoms with Gasteiger partial charge in [-0.05, 0) is 99.5 Å². The van der Waals surface area contributed by atoms with Gasteiger partial charge in [0.1, 0.15) is 0 Å². The third-order valence-electron chi connectivity index (χ3n) is 10.9. The molecule has 166 valence electrons. The number of ether oxygens (including phenoxy) is 1. The van der Waals surface area contributed by atoms with E-state index in [0.717, 1.165) is 43.1 Å². The van der Waals surface area contributed by atoms with E-state index >= 15 is 0 Å². The van der Waals surface area contributed by atoms with Crippen molar-refractivity contribution in [1.29, 1.82) is 0 Å². The maximum Gasteiger partial charge on any atom is 0.0937 e. The Hall–Kier alpha value is -0.640. The molecule has 10 atom stereocenters. The Labute approximate surface area is 182 Å². The van der Waals surface area contributed by atoms with Crippen LogP contribution < -0.4 is 5.32 Å². The van der Waals surface area contributed by atoms with Crippen molar-refractivity contribution in [3.63, 3.8) is 0 Å². The summed E-state index contributed by atoms with van der Waals surface area (Å²) < 4.78 is 7.03. The second-order valence-electron chi connectivity index (χ2n) is 12.2. The molecule has 2 heterocycles. The minimum Gasteiger partial charge on any atom is -0.393 e. The Morgan fingerprint density at radius 2 is 2.00 bits per heavy atom. The van der Waals surface area contributed by atoms with Crippen LogP contribution in [0.2, 0.25) is 0 Å². The lowest BCUT2D eigenvalue weighted by Gasteiger charge is -2.49. The summed E-state index contributed by atoms with van der Waals surface area (Å²) >= 11 is 0. The topological polar surface area (TPSA) is 41.5 Å². The Morgan fingerprint density at radius 3 is 2.83 bits per heavy atom. The molecule has 4 fully saturated rings. The zero-order chi connectivity index (χ0) is 20.8. The summed E-state index contributed by atoms with van der Waals surface area (Å²) in [7, 11) is 0. The summed E-state index contributed by atoms with van der Waals surface area (Å²) in [6.45, 7) is 10.9. The second-order valence-corrected chi connectivity index (χ2v) is 12.2. The highest BCUT2D eigenvalue weighted by molar-refractivity contribution is 5.38. The average molecular weight is 412 g/mol. The van der Waals surface area contributed by atoms with E-state index in [1.54, 1.807) is 16.7 Å². The number of allylic oxidation sites excluding steroid dienone is 2. The molecule has 2 unspecified atom stereocenters. The Morgan fingerprint density at radius 1 is 1.17 bits per heavy atom. The number of nitrogens with one attached hydrogen (secondary N) is 1. The fourth-order valence-electron chi connectivity index (χ4n) is 9.09. The first-order valence-corrected chi connectivity index (χ1v) is 12.8. The van der Waals surface area contributed by atoms with Crippen molar-refractivity contribution in [2.45, 2.75) is 103 Å². The van der Waals surface area contributed by atoms with E-state index in [4.69, 9.17) is 4.74 Å².